The van der Waals surface area contributed by atoms with Gasteiger partial charge in [0, 0.05) is 83.8 Å². The topological polar surface area (TPSA) is 172 Å². The Morgan fingerprint density at radius 1 is 0.937 bits per heavy atom. The summed E-state index contributed by atoms with van der Waals surface area (Å²) < 4.78 is 55.8. The maximum absolute atomic E-state index is 15.5. The molecule has 18 nitrogen and oxygen atoms in total. The number of benzene rings is 1. The predicted molar refractivity (Wildman–Crippen MR) is 223 cm³/mol. The Morgan fingerprint density at radius 3 is 2.38 bits per heavy atom. The summed E-state index contributed by atoms with van der Waals surface area (Å²) in [6, 6.07) is 4.59. The molecule has 5 aromatic rings. The number of fused-ring (bicyclic) bond motifs is 4. The van der Waals surface area contributed by atoms with Crippen LogP contribution in [0.4, 0.5) is 30.4 Å². The number of hydrogen-bond acceptors (Lipinski definition) is 12. The van der Waals surface area contributed by atoms with Crippen molar-refractivity contribution in [3.63, 3.8) is 0 Å². The molecule has 3 atom stereocenters. The molecular formula is C42H48F3N13O5. The highest BCUT2D eigenvalue weighted by molar-refractivity contribution is 6.08. The van der Waals surface area contributed by atoms with Gasteiger partial charge in [-0.05, 0) is 56.7 Å². The first-order valence-corrected chi connectivity index (χ1v) is 21.9. The number of piperazine rings is 1. The van der Waals surface area contributed by atoms with Crippen molar-refractivity contribution in [1.29, 1.82) is 0 Å². The number of morpholine rings is 1. The number of anilines is 3. The first-order chi connectivity index (χ1) is 30.5. The number of aromatic nitrogens is 7. The molecule has 4 aromatic heterocycles. The predicted octanol–water partition coefficient (Wildman–Crippen LogP) is 2.85. The number of piperidine rings is 1. The molecule has 63 heavy (non-hydrogen) atoms. The summed E-state index contributed by atoms with van der Waals surface area (Å²) in [6.07, 6.45) is 6.50. The molecule has 11 rings (SSSR count). The lowest BCUT2D eigenvalue weighted by Crippen LogP contribution is -2.64. The zero-order chi connectivity index (χ0) is 43.3. The van der Waals surface area contributed by atoms with E-state index in [0.717, 1.165) is 70.6 Å². The number of ether oxygens (including phenoxy) is 1. The molecule has 3 amide bonds. The average molecular weight is 872 g/mol. The lowest BCUT2D eigenvalue weighted by atomic mass is 9.89. The van der Waals surface area contributed by atoms with E-state index >= 15 is 4.39 Å². The summed E-state index contributed by atoms with van der Waals surface area (Å²) in [7, 11) is 1.58. The van der Waals surface area contributed by atoms with Crippen LogP contribution in [0.15, 0.2) is 41.6 Å². The van der Waals surface area contributed by atoms with E-state index in [1.54, 1.807) is 17.9 Å². The van der Waals surface area contributed by atoms with Crippen molar-refractivity contribution >= 4 is 51.6 Å². The molecule has 6 aliphatic rings. The number of nitrogens with zero attached hydrogens (tertiary/aromatic N) is 11. The van der Waals surface area contributed by atoms with E-state index in [0.29, 0.717) is 48.1 Å². The molecule has 2 N–H and O–H groups in total. The number of alkyl halides is 2. The third-order valence-electron chi connectivity index (χ3n) is 14.3. The molecule has 0 radical (unpaired) electrons. The average Bonchev–Trinajstić information content (AvgIpc) is 4.11. The fourth-order valence-corrected chi connectivity index (χ4v) is 10.9. The second kappa shape index (κ2) is 15.5. The summed E-state index contributed by atoms with van der Waals surface area (Å²) in [5.41, 5.74) is 0.825. The second-order valence-corrected chi connectivity index (χ2v) is 17.8. The van der Waals surface area contributed by atoms with Gasteiger partial charge >= 0.3 is 5.69 Å². The van der Waals surface area contributed by atoms with Crippen molar-refractivity contribution in [2.45, 2.75) is 87.7 Å². The fourth-order valence-electron chi connectivity index (χ4n) is 10.9. The molecule has 0 spiro atoms. The van der Waals surface area contributed by atoms with E-state index in [1.165, 1.54) is 38.2 Å². The Morgan fingerprint density at radius 2 is 1.68 bits per heavy atom. The number of imide groups is 1. The standard InChI is InChI=1S/C42H48F3N13O5/c1-51-37-31(58(42(51)62)32-8-9-34(59)49-41(32)61)7-6-29(43)36(37)54-18-26(19-54)53-14-12-52(13-15-53)23-2-4-24(5-3-23)57-21-30(35(50-57)38(44)45)47-40(60)28-17-46-56-11-10-33(48-39(28)56)55-20-27-16-25(55)22-63-27/h6-7,10-11,17,21,23-27,32,38H,2-5,8-9,12-16,18-20,22H2,1H3,(H,47,60)(H,49,59,61)/t23-,24-,25-,27-,32?/m1/s1. The summed E-state index contributed by atoms with van der Waals surface area (Å²) in [5.74, 6) is -1.21. The number of halogens is 3. The number of hydrogen-bond donors (Lipinski definition) is 2. The number of imidazole rings is 1. The van der Waals surface area contributed by atoms with Gasteiger partial charge in [0.25, 0.3) is 12.3 Å². The van der Waals surface area contributed by atoms with Crippen molar-refractivity contribution in [2.75, 3.05) is 67.5 Å². The number of aryl methyl sites for hydroxylation is 1. The monoisotopic (exact) mass is 871 g/mol. The smallest absolute Gasteiger partial charge is 0.329 e. The van der Waals surface area contributed by atoms with Gasteiger partial charge in [-0.25, -0.2) is 27.5 Å². The Bertz CT molecular complexity index is 2690. The second-order valence-electron chi connectivity index (χ2n) is 17.8. The summed E-state index contributed by atoms with van der Waals surface area (Å²) in [6.45, 7) is 6.01. The van der Waals surface area contributed by atoms with Gasteiger partial charge in [0.2, 0.25) is 11.8 Å². The Labute approximate surface area is 358 Å². The highest BCUT2D eigenvalue weighted by Gasteiger charge is 2.41. The van der Waals surface area contributed by atoms with Gasteiger partial charge in [-0.3, -0.25) is 43.3 Å². The third kappa shape index (κ3) is 6.85. The van der Waals surface area contributed by atoms with Crippen LogP contribution in [0, 0.1) is 5.82 Å². The van der Waals surface area contributed by atoms with Crippen molar-refractivity contribution in [3.05, 3.63) is 64.3 Å². The molecule has 332 valence electrons. The van der Waals surface area contributed by atoms with E-state index in [9.17, 15) is 28.0 Å². The fraction of sp³-hybridized carbons (Fsp3) is 0.548. The Hall–Kier alpha value is -5.80. The highest BCUT2D eigenvalue weighted by atomic mass is 19.3. The van der Waals surface area contributed by atoms with Gasteiger partial charge in [-0.1, -0.05) is 0 Å². The van der Waals surface area contributed by atoms with Crippen LogP contribution in [0.25, 0.3) is 16.7 Å². The SMILES string of the molecule is Cn1c(=O)n(C2CCC(=O)NC2=O)c2ccc(F)c(N3CC(N4CCN([C@H]5CC[C@H](n6cc(NC(=O)c7cnn8ccc(N9C[C@H]%10C[C@@H]9CO%10)nc78)c(C(F)F)n6)CC5)CC4)C3)c21. The molecule has 1 aliphatic carbocycles. The molecule has 1 unspecified atom stereocenters. The maximum atomic E-state index is 15.5. The molecule has 1 aromatic carbocycles. The van der Waals surface area contributed by atoms with Crippen molar-refractivity contribution < 1.29 is 32.3 Å². The van der Waals surface area contributed by atoms with Gasteiger partial charge in [-0.15, -0.1) is 0 Å². The zero-order valence-corrected chi connectivity index (χ0v) is 34.7. The van der Waals surface area contributed by atoms with Gasteiger partial charge in [0.05, 0.1) is 53.4 Å². The quantitative estimate of drug-likeness (QED) is 0.208. The summed E-state index contributed by atoms with van der Waals surface area (Å²) >= 11 is 0. The molecule has 21 heteroatoms. The van der Waals surface area contributed by atoms with Crippen LogP contribution in [0.5, 0.6) is 0 Å². The molecular weight excluding hydrogens is 824 g/mol. The van der Waals surface area contributed by atoms with Gasteiger partial charge in [0.1, 0.15) is 23.2 Å². The van der Waals surface area contributed by atoms with E-state index in [4.69, 9.17) is 9.72 Å². The van der Waals surface area contributed by atoms with Gasteiger partial charge in [0.15, 0.2) is 11.3 Å². The largest absolute Gasteiger partial charge is 0.374 e. The lowest BCUT2D eigenvalue weighted by Gasteiger charge is -2.50. The minimum atomic E-state index is -2.88. The van der Waals surface area contributed by atoms with E-state index in [1.807, 2.05) is 11.0 Å². The number of rotatable bonds is 9. The minimum absolute atomic E-state index is 0.0265. The molecule has 1 saturated carbocycles. The zero-order valence-electron chi connectivity index (χ0n) is 34.7. The Balaban J connectivity index is 0.696. The van der Waals surface area contributed by atoms with Crippen molar-refractivity contribution in [3.8, 4) is 0 Å². The normalized spacial score (nSPS) is 26.1. The number of carbonyl (C=O) groups is 3. The molecule has 9 heterocycles. The number of nitrogens with one attached hydrogen (secondary N) is 2. The maximum Gasteiger partial charge on any atom is 0.329 e. The first kappa shape index (κ1) is 40.0. The van der Waals surface area contributed by atoms with Crippen molar-refractivity contribution in [1.82, 2.24) is 48.6 Å². The van der Waals surface area contributed by atoms with E-state index < -0.39 is 41.5 Å². The van der Waals surface area contributed by atoms with Crippen LogP contribution < -0.4 is 26.1 Å². The van der Waals surface area contributed by atoms with Crippen LogP contribution in [-0.4, -0.2) is 138 Å². The van der Waals surface area contributed by atoms with Crippen molar-refractivity contribution in [2.24, 2.45) is 7.05 Å². The van der Waals surface area contributed by atoms with Crippen LogP contribution in [0.3, 0.4) is 0 Å². The number of carbonyl (C=O) groups excluding carboxylic acids is 3. The molecule has 2 bridgehead atoms. The summed E-state index contributed by atoms with van der Waals surface area (Å²) in [5, 5.41) is 13.6. The first-order valence-electron chi connectivity index (χ1n) is 21.9. The van der Waals surface area contributed by atoms with Crippen LogP contribution in [0.1, 0.15) is 79.5 Å². The molecule has 5 aliphatic heterocycles. The number of amides is 3. The van der Waals surface area contributed by atoms with Crippen LogP contribution in [-0.2, 0) is 21.4 Å². The highest BCUT2D eigenvalue weighted by Crippen LogP contribution is 2.38. The minimum Gasteiger partial charge on any atom is -0.374 e. The summed E-state index contributed by atoms with van der Waals surface area (Å²) in [4.78, 5) is 65.3. The Kier molecular flexibility index (Phi) is 9.83. The lowest BCUT2D eigenvalue weighted by molar-refractivity contribution is -0.135. The van der Waals surface area contributed by atoms with Gasteiger partial charge in [-0.2, -0.15) is 10.2 Å². The van der Waals surface area contributed by atoms with Crippen LogP contribution in [0.2, 0.25) is 0 Å². The van der Waals surface area contributed by atoms with E-state index in [2.05, 4.69) is 35.5 Å². The molecule has 6 fully saturated rings. The van der Waals surface area contributed by atoms with Crippen LogP contribution >= 0.6 is 0 Å². The molecule has 5 saturated heterocycles. The van der Waals surface area contributed by atoms with Gasteiger partial charge < -0.3 is 19.9 Å². The third-order valence-corrected chi connectivity index (χ3v) is 14.3. The van der Waals surface area contributed by atoms with E-state index in [-0.39, 0.29) is 54.2 Å².